The molecule has 0 saturated heterocycles. The number of anilines is 1. The van der Waals surface area contributed by atoms with Crippen molar-refractivity contribution in [3.8, 4) is 0 Å². The van der Waals surface area contributed by atoms with Crippen molar-refractivity contribution < 1.29 is 18.0 Å². The van der Waals surface area contributed by atoms with Crippen molar-refractivity contribution in [2.24, 2.45) is 0 Å². The molecule has 0 heterocycles. The highest BCUT2D eigenvalue weighted by Gasteiger charge is 2.34. The number of rotatable bonds is 11. The molecule has 0 unspecified atom stereocenters. The number of carbonyl (C=O) groups excluding carboxylic acids is 2. The van der Waals surface area contributed by atoms with Gasteiger partial charge in [0.25, 0.3) is 10.0 Å². The van der Waals surface area contributed by atoms with Gasteiger partial charge in [-0.15, -0.1) is 0 Å². The van der Waals surface area contributed by atoms with Crippen molar-refractivity contribution in [3.63, 3.8) is 0 Å². The summed E-state index contributed by atoms with van der Waals surface area (Å²) >= 11 is 12.4. The summed E-state index contributed by atoms with van der Waals surface area (Å²) in [5.74, 6) is -0.758. The van der Waals surface area contributed by atoms with E-state index in [9.17, 15) is 18.0 Å². The second-order valence-corrected chi connectivity index (χ2v) is 13.0. The van der Waals surface area contributed by atoms with Gasteiger partial charge < -0.3 is 10.2 Å². The highest BCUT2D eigenvalue weighted by Crippen LogP contribution is 2.27. The van der Waals surface area contributed by atoms with Crippen LogP contribution in [-0.2, 0) is 26.2 Å². The predicted octanol–water partition coefficient (Wildman–Crippen LogP) is 6.36. The van der Waals surface area contributed by atoms with Gasteiger partial charge in [0.1, 0.15) is 12.6 Å². The highest BCUT2D eigenvalue weighted by atomic mass is 35.5. The van der Waals surface area contributed by atoms with E-state index in [1.807, 2.05) is 19.9 Å². The van der Waals surface area contributed by atoms with Crippen molar-refractivity contribution in [2.75, 3.05) is 10.8 Å². The summed E-state index contributed by atoms with van der Waals surface area (Å²) < 4.78 is 28.9. The van der Waals surface area contributed by atoms with Gasteiger partial charge in [-0.2, -0.15) is 0 Å². The highest BCUT2D eigenvalue weighted by molar-refractivity contribution is 7.92. The molecule has 0 spiro atoms. The minimum Gasteiger partial charge on any atom is -0.352 e. The van der Waals surface area contributed by atoms with Crippen molar-refractivity contribution in [1.29, 1.82) is 0 Å². The average Bonchev–Trinajstić information content (AvgIpc) is 3.46. The molecule has 1 N–H and O–H groups in total. The third-order valence-corrected chi connectivity index (χ3v) is 9.85. The maximum Gasteiger partial charge on any atom is 0.264 e. The number of amides is 2. The van der Waals surface area contributed by atoms with E-state index in [0.717, 1.165) is 35.6 Å². The Bertz CT molecular complexity index is 1480. The van der Waals surface area contributed by atoms with Crippen LogP contribution in [0.2, 0.25) is 10.0 Å². The first-order valence-electron chi connectivity index (χ1n) is 13.8. The number of benzene rings is 3. The third kappa shape index (κ3) is 7.61. The normalized spacial score (nSPS) is 14.4. The number of hydrogen-bond acceptors (Lipinski definition) is 4. The topological polar surface area (TPSA) is 86.8 Å². The zero-order valence-corrected chi connectivity index (χ0v) is 25.6. The van der Waals surface area contributed by atoms with E-state index in [1.54, 1.807) is 54.6 Å². The average molecular weight is 617 g/mol. The van der Waals surface area contributed by atoms with Gasteiger partial charge >= 0.3 is 0 Å². The molecule has 0 radical (unpaired) electrons. The Kier molecular flexibility index (Phi) is 10.3. The zero-order valence-electron chi connectivity index (χ0n) is 23.2. The van der Waals surface area contributed by atoms with Crippen LogP contribution in [0.15, 0.2) is 77.7 Å². The van der Waals surface area contributed by atoms with Crippen molar-refractivity contribution in [1.82, 2.24) is 10.2 Å². The predicted molar refractivity (Wildman–Crippen MR) is 164 cm³/mol. The number of halogens is 2. The molecule has 1 atom stereocenters. The van der Waals surface area contributed by atoms with Crippen molar-refractivity contribution in [3.05, 3.63) is 94.0 Å². The van der Waals surface area contributed by atoms with Crippen LogP contribution in [0.1, 0.15) is 50.2 Å². The molecule has 1 aliphatic carbocycles. The number of aryl methyl sites for hydroxylation is 1. The second kappa shape index (κ2) is 13.7. The van der Waals surface area contributed by atoms with Gasteiger partial charge in [0.2, 0.25) is 11.8 Å². The number of hydrogen-bond donors (Lipinski definition) is 1. The number of carbonyl (C=O) groups is 2. The van der Waals surface area contributed by atoms with Crippen LogP contribution in [0, 0.1) is 6.92 Å². The van der Waals surface area contributed by atoms with Crippen LogP contribution in [-0.4, -0.2) is 43.8 Å². The van der Waals surface area contributed by atoms with Crippen LogP contribution in [0.3, 0.4) is 0 Å². The second-order valence-electron chi connectivity index (χ2n) is 10.3. The van der Waals surface area contributed by atoms with E-state index >= 15 is 0 Å². The van der Waals surface area contributed by atoms with E-state index in [2.05, 4.69) is 5.32 Å². The molecule has 2 amide bonds. The lowest BCUT2D eigenvalue weighted by Gasteiger charge is -2.34. The molecule has 10 heteroatoms. The Hall–Kier alpha value is -3.07. The van der Waals surface area contributed by atoms with Gasteiger partial charge in [-0.05, 0) is 73.7 Å². The Morgan fingerprint density at radius 1 is 0.951 bits per heavy atom. The van der Waals surface area contributed by atoms with Crippen LogP contribution in [0.25, 0.3) is 0 Å². The molecule has 7 nitrogen and oxygen atoms in total. The summed E-state index contributed by atoms with van der Waals surface area (Å²) in [4.78, 5) is 29.2. The van der Waals surface area contributed by atoms with Gasteiger partial charge in [-0.25, -0.2) is 8.42 Å². The fourth-order valence-corrected chi connectivity index (χ4v) is 6.90. The lowest BCUT2D eigenvalue weighted by Crippen LogP contribution is -2.53. The fraction of sp³-hybridized carbons (Fsp3) is 0.355. The van der Waals surface area contributed by atoms with Gasteiger partial charge in [-0.1, -0.05) is 79.4 Å². The Labute approximate surface area is 252 Å². The van der Waals surface area contributed by atoms with E-state index < -0.39 is 28.5 Å². The van der Waals surface area contributed by atoms with Gasteiger partial charge in [-0.3, -0.25) is 13.9 Å². The molecular formula is C31H35Cl2N3O4S. The molecule has 4 rings (SSSR count). The summed E-state index contributed by atoms with van der Waals surface area (Å²) in [7, 11) is -4.11. The standard InChI is InChI=1S/C31H35Cl2N3O4S/c1-3-29(31(38)34-24-11-7-8-12-24)35(20-23-16-17-27(32)28(33)19-23)30(37)21-36(25-13-9-10-22(2)18-25)41(39,40)26-14-5-4-6-15-26/h4-6,9-10,13-19,24,29H,3,7-8,11-12,20-21H2,1-2H3,(H,34,38)/t29-/m1/s1. The molecule has 1 aliphatic rings. The Balaban J connectivity index is 1.72. The van der Waals surface area contributed by atoms with Gasteiger partial charge in [0.15, 0.2) is 0 Å². The monoisotopic (exact) mass is 615 g/mol. The molecular weight excluding hydrogens is 581 g/mol. The summed E-state index contributed by atoms with van der Waals surface area (Å²) in [5.41, 5.74) is 1.88. The Morgan fingerprint density at radius 3 is 2.29 bits per heavy atom. The molecule has 0 bridgehead atoms. The SMILES string of the molecule is CC[C@H](C(=O)NC1CCCC1)N(Cc1ccc(Cl)c(Cl)c1)C(=O)CN(c1cccc(C)c1)S(=O)(=O)c1ccccc1. The lowest BCUT2D eigenvalue weighted by atomic mass is 10.1. The largest absolute Gasteiger partial charge is 0.352 e. The van der Waals surface area contributed by atoms with Crippen LogP contribution >= 0.6 is 23.2 Å². The Morgan fingerprint density at radius 2 is 1.66 bits per heavy atom. The zero-order chi connectivity index (χ0) is 29.6. The van der Waals surface area contributed by atoms with Gasteiger partial charge in [0, 0.05) is 12.6 Å². The number of nitrogens with one attached hydrogen (secondary N) is 1. The van der Waals surface area contributed by atoms with E-state index in [4.69, 9.17) is 23.2 Å². The first kappa shape index (κ1) is 30.9. The molecule has 0 aromatic heterocycles. The molecule has 41 heavy (non-hydrogen) atoms. The van der Waals surface area contributed by atoms with E-state index in [0.29, 0.717) is 27.7 Å². The molecule has 1 fully saturated rings. The molecule has 3 aromatic carbocycles. The molecule has 218 valence electrons. The number of sulfonamides is 1. The first-order valence-corrected chi connectivity index (χ1v) is 16.0. The van der Waals surface area contributed by atoms with E-state index in [1.165, 1.54) is 17.0 Å². The minimum atomic E-state index is -4.11. The van der Waals surface area contributed by atoms with Gasteiger partial charge in [0.05, 0.1) is 20.6 Å². The maximum absolute atomic E-state index is 14.2. The molecule has 1 saturated carbocycles. The molecule has 3 aromatic rings. The number of nitrogens with zero attached hydrogens (tertiary/aromatic N) is 2. The van der Waals surface area contributed by atoms with Crippen LogP contribution < -0.4 is 9.62 Å². The quantitative estimate of drug-likeness (QED) is 0.272. The van der Waals surface area contributed by atoms with E-state index in [-0.39, 0.29) is 23.4 Å². The summed E-state index contributed by atoms with van der Waals surface area (Å²) in [6.07, 6.45) is 4.26. The third-order valence-electron chi connectivity index (χ3n) is 7.32. The van der Waals surface area contributed by atoms with Crippen molar-refractivity contribution >= 4 is 50.7 Å². The van der Waals surface area contributed by atoms with Crippen molar-refractivity contribution in [2.45, 2.75) is 69.5 Å². The summed E-state index contributed by atoms with van der Waals surface area (Å²) in [6, 6.07) is 19.3. The first-order chi connectivity index (χ1) is 19.6. The lowest BCUT2D eigenvalue weighted by molar-refractivity contribution is -0.140. The molecule has 0 aliphatic heterocycles. The van der Waals surface area contributed by atoms with Crippen LogP contribution in [0.4, 0.5) is 5.69 Å². The summed E-state index contributed by atoms with van der Waals surface area (Å²) in [5, 5.41) is 3.81. The minimum absolute atomic E-state index is 0.0549. The maximum atomic E-state index is 14.2. The summed E-state index contributed by atoms with van der Waals surface area (Å²) in [6.45, 7) is 3.26. The fourth-order valence-electron chi connectivity index (χ4n) is 5.15. The van der Waals surface area contributed by atoms with Crippen LogP contribution in [0.5, 0.6) is 0 Å². The smallest absolute Gasteiger partial charge is 0.264 e.